The van der Waals surface area contributed by atoms with Gasteiger partial charge in [-0.15, -0.1) is 0 Å². The summed E-state index contributed by atoms with van der Waals surface area (Å²) in [5.41, 5.74) is -28.0. The van der Waals surface area contributed by atoms with Gasteiger partial charge < -0.3 is 0 Å². The second-order valence-corrected chi connectivity index (χ2v) is 17.0. The molecular weight excluding hydrogens is 1110 g/mol. The highest BCUT2D eigenvalue weighted by molar-refractivity contribution is 7.20. The number of hydrogen-bond donors (Lipinski definition) is 0. The SMILES string of the molecule is FC(F)(F)c1cc([B-](c2cc(C(F)(F)F)cc(C(F)(F)F)c2)(c2cc(C(F)(F)F)cc(C(F)(F)F)c2)c2cc(C(F)(F)F)cc(C(F)(F)F)c2)cc(C(F)(F)F)c1.N#Cc1cc2ccccc2[n+](CC(=O)c2ccccc2)c1. The van der Waals surface area contributed by atoms with Crippen molar-refractivity contribution in [2.75, 3.05) is 0 Å². The number of carbonyl (C=O) groups is 1. The number of Topliss-reactive ketones (excluding diaryl/α,β-unsaturated/α-hetero) is 1. The van der Waals surface area contributed by atoms with Crippen LogP contribution in [0.4, 0.5) is 105 Å². The van der Waals surface area contributed by atoms with Crippen molar-refractivity contribution in [1.29, 1.82) is 5.26 Å². The number of fused-ring (bicyclic) bond motifs is 1. The first-order valence-electron chi connectivity index (χ1n) is 21.3. The largest absolute Gasteiger partial charge is 0.416 e. The number of hydrogen-bond acceptors (Lipinski definition) is 2. The first kappa shape index (κ1) is 59.5. The topological polar surface area (TPSA) is 44.7 Å². The number of rotatable bonds is 7. The van der Waals surface area contributed by atoms with Gasteiger partial charge in [0.2, 0.25) is 17.8 Å². The minimum Gasteiger partial charge on any atom is -0.287 e. The molecule has 0 aliphatic rings. The Hall–Kier alpha value is -7.73. The van der Waals surface area contributed by atoms with Crippen LogP contribution in [0.2, 0.25) is 0 Å². The molecular formula is C50H25BF24N2O. The van der Waals surface area contributed by atoms with E-state index >= 15 is 0 Å². The molecule has 0 N–H and O–H groups in total. The van der Waals surface area contributed by atoms with Crippen LogP contribution in [0.5, 0.6) is 0 Å². The maximum absolute atomic E-state index is 14.2. The highest BCUT2D eigenvalue weighted by Gasteiger charge is 2.47. The van der Waals surface area contributed by atoms with E-state index in [1.807, 2.05) is 53.1 Å². The van der Waals surface area contributed by atoms with E-state index in [4.69, 9.17) is 5.26 Å². The molecule has 0 atom stereocenters. The molecule has 0 spiro atoms. The third-order valence-electron chi connectivity index (χ3n) is 11.8. The number of pyridine rings is 1. The quantitative estimate of drug-likeness (QED) is 0.0691. The highest BCUT2D eigenvalue weighted by atomic mass is 19.4. The zero-order chi connectivity index (χ0) is 58.6. The van der Waals surface area contributed by atoms with Crippen LogP contribution in [0.15, 0.2) is 140 Å². The standard InChI is InChI=1S/C32H12BF24.C18H13N2O/c34-25(35,36)13-1-14(26(37,38)39)6-21(5-13)33(22-7-15(27(40,41)42)2-16(8-22)28(43,44)45,23-9-17(29(46,47)48)3-18(10-23)30(49,50)51)24-11-19(31(52,53)54)4-20(12-24)32(55,56)57;19-11-14-10-16-8-4-5-9-17(16)20(12-14)13-18(21)15-6-2-1-3-7-15/h1-12H;1-10,12H,13H2/q-1;+1. The van der Waals surface area contributed by atoms with Crippen molar-refractivity contribution < 1.29 is 115 Å². The molecule has 0 saturated carbocycles. The van der Waals surface area contributed by atoms with E-state index in [1.165, 1.54) is 0 Å². The fourth-order valence-electron chi connectivity index (χ4n) is 8.45. The van der Waals surface area contributed by atoms with Crippen molar-refractivity contribution in [3.63, 3.8) is 0 Å². The number of aromatic nitrogens is 1. The number of ketones is 1. The van der Waals surface area contributed by atoms with E-state index < -0.39 is 195 Å². The van der Waals surface area contributed by atoms with Crippen molar-refractivity contribution in [2.24, 2.45) is 0 Å². The number of para-hydroxylation sites is 1. The normalized spacial score (nSPS) is 13.2. The Morgan fingerprint density at radius 2 is 0.654 bits per heavy atom. The second-order valence-electron chi connectivity index (χ2n) is 17.0. The molecule has 0 fully saturated rings. The zero-order valence-electron chi connectivity index (χ0n) is 37.9. The molecule has 7 rings (SSSR count). The van der Waals surface area contributed by atoms with Gasteiger partial charge in [0.25, 0.3) is 0 Å². The number of alkyl halides is 24. The van der Waals surface area contributed by atoms with Crippen LogP contribution in [0.1, 0.15) is 60.4 Å². The van der Waals surface area contributed by atoms with Gasteiger partial charge in [-0.2, -0.15) is 137 Å². The highest BCUT2D eigenvalue weighted by Crippen LogP contribution is 2.41. The van der Waals surface area contributed by atoms with Crippen molar-refractivity contribution >= 4 is 44.7 Å². The van der Waals surface area contributed by atoms with Crippen molar-refractivity contribution in [1.82, 2.24) is 0 Å². The van der Waals surface area contributed by atoms with Gasteiger partial charge in [-0.3, -0.25) is 4.79 Å². The average molecular weight is 1140 g/mol. The minimum atomic E-state index is -6.13. The molecule has 6 aromatic carbocycles. The Morgan fingerprint density at radius 1 is 0.385 bits per heavy atom. The fraction of sp³-hybridized carbons (Fsp3) is 0.180. The van der Waals surface area contributed by atoms with E-state index in [0.717, 1.165) is 10.9 Å². The van der Waals surface area contributed by atoms with Gasteiger partial charge in [0, 0.05) is 17.0 Å². The second kappa shape index (κ2) is 20.6. The van der Waals surface area contributed by atoms with Crippen LogP contribution in [0.3, 0.4) is 0 Å². The van der Waals surface area contributed by atoms with Crippen molar-refractivity contribution in [3.8, 4) is 6.07 Å². The molecule has 412 valence electrons. The Bertz CT molecular complexity index is 2970. The van der Waals surface area contributed by atoms with Gasteiger partial charge in [0.05, 0.1) is 44.5 Å². The molecule has 0 aliphatic heterocycles. The van der Waals surface area contributed by atoms with Crippen LogP contribution in [0.25, 0.3) is 10.9 Å². The maximum atomic E-state index is 14.2. The Balaban J connectivity index is 0.000000387. The van der Waals surface area contributed by atoms with Crippen LogP contribution in [-0.2, 0) is 56.0 Å². The zero-order valence-corrected chi connectivity index (χ0v) is 37.9. The first-order chi connectivity index (χ1) is 35.5. The fourth-order valence-corrected chi connectivity index (χ4v) is 8.45. The molecule has 0 aliphatic carbocycles. The van der Waals surface area contributed by atoms with Gasteiger partial charge >= 0.3 is 49.4 Å². The molecule has 1 aromatic heterocycles. The lowest BCUT2D eigenvalue weighted by molar-refractivity contribution is -0.657. The molecule has 0 bridgehead atoms. The summed E-state index contributed by atoms with van der Waals surface area (Å²) in [4.78, 5) is 12.4. The Morgan fingerprint density at radius 3 is 0.923 bits per heavy atom. The summed E-state index contributed by atoms with van der Waals surface area (Å²) >= 11 is 0. The molecule has 0 radical (unpaired) electrons. The van der Waals surface area contributed by atoms with Crippen LogP contribution in [0, 0.1) is 11.3 Å². The molecule has 3 nitrogen and oxygen atoms in total. The van der Waals surface area contributed by atoms with Gasteiger partial charge in [-0.1, -0.05) is 91.0 Å². The molecule has 1 heterocycles. The number of nitriles is 1. The third kappa shape index (κ3) is 13.2. The lowest BCUT2D eigenvalue weighted by Crippen LogP contribution is -2.75. The molecule has 0 saturated heterocycles. The van der Waals surface area contributed by atoms with Gasteiger partial charge in [-0.25, -0.2) is 0 Å². The Kier molecular flexibility index (Phi) is 15.7. The summed E-state index contributed by atoms with van der Waals surface area (Å²) in [7, 11) is 0. The predicted molar refractivity (Wildman–Crippen MR) is 230 cm³/mol. The summed E-state index contributed by atoms with van der Waals surface area (Å²) in [5, 5.41) is 10.1. The molecule has 28 heteroatoms. The molecule has 0 amide bonds. The minimum absolute atomic E-state index is 0.0286. The van der Waals surface area contributed by atoms with E-state index in [9.17, 15) is 110 Å². The number of carbonyl (C=O) groups excluding carboxylic acids is 1. The lowest BCUT2D eigenvalue weighted by atomic mass is 9.12. The van der Waals surface area contributed by atoms with E-state index in [1.54, 1.807) is 18.3 Å². The smallest absolute Gasteiger partial charge is 0.287 e. The number of nitrogens with zero attached hydrogens (tertiary/aromatic N) is 2. The first-order valence-corrected chi connectivity index (χ1v) is 21.3. The summed E-state index contributed by atoms with van der Waals surface area (Å²) < 4.78 is 343. The third-order valence-corrected chi connectivity index (χ3v) is 11.8. The summed E-state index contributed by atoms with van der Waals surface area (Å²) in [6.45, 7) is 0.222. The van der Waals surface area contributed by atoms with Gasteiger partial charge in [0.1, 0.15) is 17.8 Å². The van der Waals surface area contributed by atoms with Gasteiger partial charge in [-0.05, 0) is 36.4 Å². The van der Waals surface area contributed by atoms with E-state index in [2.05, 4.69) is 6.07 Å². The van der Waals surface area contributed by atoms with Crippen molar-refractivity contribution in [2.45, 2.75) is 56.0 Å². The number of benzene rings is 6. The molecule has 78 heavy (non-hydrogen) atoms. The summed E-state index contributed by atoms with van der Waals surface area (Å²) in [5.74, 6) is 0.0286. The van der Waals surface area contributed by atoms with Gasteiger partial charge in [0.15, 0.2) is 6.20 Å². The van der Waals surface area contributed by atoms with E-state index in [-0.39, 0.29) is 12.3 Å². The average Bonchev–Trinajstić information content (AvgIpc) is 3.46. The van der Waals surface area contributed by atoms with Crippen LogP contribution in [-0.4, -0.2) is 11.9 Å². The summed E-state index contributed by atoms with van der Waals surface area (Å²) in [6, 6.07) is 12.1. The van der Waals surface area contributed by atoms with E-state index in [0.29, 0.717) is 11.1 Å². The summed E-state index contributed by atoms with van der Waals surface area (Å²) in [6.07, 6.45) is -53.1. The lowest BCUT2D eigenvalue weighted by Gasteiger charge is -2.46. The molecule has 0 unspecified atom stereocenters. The maximum Gasteiger partial charge on any atom is 0.416 e. The monoisotopic (exact) mass is 1140 g/mol. The Labute approximate surface area is 421 Å². The van der Waals surface area contributed by atoms with Crippen molar-refractivity contribution in [3.05, 3.63) is 195 Å². The molecule has 7 aromatic rings. The number of halogens is 24. The van der Waals surface area contributed by atoms with Crippen LogP contribution < -0.4 is 26.4 Å². The predicted octanol–water partition coefficient (Wildman–Crippen LogP) is 14.1. The van der Waals surface area contributed by atoms with Crippen LogP contribution >= 0.6 is 0 Å².